The summed E-state index contributed by atoms with van der Waals surface area (Å²) in [6.07, 6.45) is 3.06. The molecular weight excluding hydrogens is 146 g/mol. The van der Waals surface area contributed by atoms with Crippen LogP contribution in [0, 0.1) is 17.2 Å². The van der Waals surface area contributed by atoms with Crippen molar-refractivity contribution >= 4 is 0 Å². The highest BCUT2D eigenvalue weighted by atomic mass is 14.3. The second-order valence-corrected chi connectivity index (χ2v) is 3.34. The topological polar surface area (TPSA) is 23.8 Å². The van der Waals surface area contributed by atoms with Gasteiger partial charge in [0.05, 0.1) is 12.0 Å². The van der Waals surface area contributed by atoms with Gasteiger partial charge in [-0.15, -0.1) is 0 Å². The molecule has 0 bridgehead atoms. The Bertz CT molecular complexity index is 322. The van der Waals surface area contributed by atoms with E-state index in [4.69, 9.17) is 5.26 Å². The van der Waals surface area contributed by atoms with E-state index >= 15 is 0 Å². The molecule has 1 nitrogen and oxygen atoms in total. The van der Waals surface area contributed by atoms with Crippen molar-refractivity contribution in [3.63, 3.8) is 0 Å². The second kappa shape index (κ2) is 2.98. The van der Waals surface area contributed by atoms with E-state index in [-0.39, 0.29) is 5.92 Å². The van der Waals surface area contributed by atoms with E-state index in [2.05, 4.69) is 30.3 Å². The van der Waals surface area contributed by atoms with E-state index in [0.29, 0.717) is 0 Å². The van der Waals surface area contributed by atoms with Crippen molar-refractivity contribution in [3.8, 4) is 6.07 Å². The molecule has 2 rings (SSSR count). The molecule has 60 valence electrons. The zero-order chi connectivity index (χ0) is 8.39. The van der Waals surface area contributed by atoms with Gasteiger partial charge in [-0.3, -0.25) is 0 Å². The van der Waals surface area contributed by atoms with Crippen molar-refractivity contribution < 1.29 is 0 Å². The molecule has 1 heteroatoms. The van der Waals surface area contributed by atoms with Gasteiger partial charge < -0.3 is 0 Å². The van der Waals surface area contributed by atoms with Crippen LogP contribution >= 0.6 is 0 Å². The number of rotatable bonds is 0. The second-order valence-electron chi connectivity index (χ2n) is 3.34. The summed E-state index contributed by atoms with van der Waals surface area (Å²) in [5.41, 5.74) is 2.80. The Morgan fingerprint density at radius 2 is 2.00 bits per heavy atom. The van der Waals surface area contributed by atoms with E-state index in [1.807, 2.05) is 0 Å². The largest absolute Gasteiger partial charge is 0.198 e. The third-order valence-corrected chi connectivity index (χ3v) is 2.53. The van der Waals surface area contributed by atoms with Gasteiger partial charge in [-0.2, -0.15) is 5.26 Å². The van der Waals surface area contributed by atoms with E-state index < -0.39 is 0 Å². The molecular formula is C11H11N. The minimum Gasteiger partial charge on any atom is -0.198 e. The van der Waals surface area contributed by atoms with Crippen molar-refractivity contribution in [1.82, 2.24) is 0 Å². The van der Waals surface area contributed by atoms with Crippen LogP contribution in [-0.4, -0.2) is 0 Å². The first-order valence-electron chi connectivity index (χ1n) is 4.36. The van der Waals surface area contributed by atoms with Crippen LogP contribution in [0.2, 0.25) is 0 Å². The minimum absolute atomic E-state index is 0.250. The van der Waals surface area contributed by atoms with Crippen molar-refractivity contribution in [2.45, 2.75) is 19.3 Å². The Morgan fingerprint density at radius 3 is 2.75 bits per heavy atom. The summed E-state index contributed by atoms with van der Waals surface area (Å²) in [6, 6.07) is 10.8. The Hall–Kier alpha value is -1.29. The number of hydrogen-bond donors (Lipinski definition) is 0. The zero-order valence-electron chi connectivity index (χ0n) is 6.96. The summed E-state index contributed by atoms with van der Waals surface area (Å²) < 4.78 is 0. The minimum atomic E-state index is 0.250. The van der Waals surface area contributed by atoms with Crippen molar-refractivity contribution in [3.05, 3.63) is 35.4 Å². The number of aryl methyl sites for hydroxylation is 1. The van der Waals surface area contributed by atoms with Gasteiger partial charge in [-0.05, 0) is 30.4 Å². The van der Waals surface area contributed by atoms with Gasteiger partial charge in [0.25, 0.3) is 0 Å². The number of fused-ring (bicyclic) bond motifs is 1. The number of nitriles is 1. The standard InChI is InChI=1S/C11H11N/c12-8-9-5-6-10-3-1-2-4-11(10)7-9/h1-4,9H,5-7H2/t9-/m0/s1. The van der Waals surface area contributed by atoms with E-state index in [1.54, 1.807) is 0 Å². The number of hydrogen-bond acceptors (Lipinski definition) is 1. The predicted molar refractivity (Wildman–Crippen MR) is 47.6 cm³/mol. The van der Waals surface area contributed by atoms with Crippen LogP contribution in [0.1, 0.15) is 17.5 Å². The lowest BCUT2D eigenvalue weighted by Gasteiger charge is -2.18. The zero-order valence-corrected chi connectivity index (χ0v) is 6.96. The molecule has 0 radical (unpaired) electrons. The molecule has 1 atom stereocenters. The first-order valence-corrected chi connectivity index (χ1v) is 4.36. The van der Waals surface area contributed by atoms with Gasteiger partial charge in [0.1, 0.15) is 0 Å². The van der Waals surface area contributed by atoms with Crippen molar-refractivity contribution in [2.24, 2.45) is 5.92 Å². The van der Waals surface area contributed by atoms with Gasteiger partial charge in [0.2, 0.25) is 0 Å². The fourth-order valence-corrected chi connectivity index (χ4v) is 1.81. The summed E-state index contributed by atoms with van der Waals surface area (Å²) in [6.45, 7) is 0. The SMILES string of the molecule is N#C[C@H]1CCc2ccccc2C1. The first-order chi connectivity index (χ1) is 5.90. The lowest BCUT2D eigenvalue weighted by atomic mass is 9.85. The first kappa shape index (κ1) is 7.36. The molecule has 1 aromatic rings. The highest BCUT2D eigenvalue weighted by Gasteiger charge is 2.16. The molecule has 0 unspecified atom stereocenters. The fraction of sp³-hybridized carbons (Fsp3) is 0.364. The van der Waals surface area contributed by atoms with E-state index in [1.165, 1.54) is 11.1 Å². The monoisotopic (exact) mass is 157 g/mol. The van der Waals surface area contributed by atoms with Gasteiger partial charge in [0, 0.05) is 0 Å². The lowest BCUT2D eigenvalue weighted by molar-refractivity contribution is 0.564. The molecule has 0 aliphatic heterocycles. The predicted octanol–water partition coefficient (Wildman–Crippen LogP) is 2.32. The summed E-state index contributed by atoms with van der Waals surface area (Å²) in [7, 11) is 0. The molecule has 1 aromatic carbocycles. The summed E-state index contributed by atoms with van der Waals surface area (Å²) in [4.78, 5) is 0. The van der Waals surface area contributed by atoms with Crippen molar-refractivity contribution in [2.75, 3.05) is 0 Å². The molecule has 0 saturated carbocycles. The average molecular weight is 157 g/mol. The van der Waals surface area contributed by atoms with Crippen LogP contribution in [0.3, 0.4) is 0 Å². The van der Waals surface area contributed by atoms with Crippen LogP contribution in [0.15, 0.2) is 24.3 Å². The van der Waals surface area contributed by atoms with Crippen LogP contribution in [0.4, 0.5) is 0 Å². The Balaban J connectivity index is 2.30. The Morgan fingerprint density at radius 1 is 1.25 bits per heavy atom. The van der Waals surface area contributed by atoms with Gasteiger partial charge in [0.15, 0.2) is 0 Å². The molecule has 0 spiro atoms. The molecule has 12 heavy (non-hydrogen) atoms. The van der Waals surface area contributed by atoms with Gasteiger partial charge in [-0.1, -0.05) is 24.3 Å². The third kappa shape index (κ3) is 1.21. The molecule has 1 aliphatic rings. The Kier molecular flexibility index (Phi) is 1.83. The molecule has 0 fully saturated rings. The van der Waals surface area contributed by atoms with E-state index in [0.717, 1.165) is 19.3 Å². The highest BCUT2D eigenvalue weighted by molar-refractivity contribution is 5.30. The molecule has 1 aliphatic carbocycles. The van der Waals surface area contributed by atoms with Gasteiger partial charge >= 0.3 is 0 Å². The summed E-state index contributed by atoms with van der Waals surface area (Å²) in [5, 5.41) is 8.77. The third-order valence-electron chi connectivity index (χ3n) is 2.53. The number of nitrogens with zero attached hydrogens (tertiary/aromatic N) is 1. The molecule has 0 heterocycles. The maximum Gasteiger partial charge on any atom is 0.0659 e. The van der Waals surface area contributed by atoms with Crippen LogP contribution in [0.5, 0.6) is 0 Å². The molecule has 0 saturated heterocycles. The van der Waals surface area contributed by atoms with Gasteiger partial charge in [-0.25, -0.2) is 0 Å². The highest BCUT2D eigenvalue weighted by Crippen LogP contribution is 2.24. The van der Waals surface area contributed by atoms with Crippen molar-refractivity contribution in [1.29, 1.82) is 5.26 Å². The molecule has 0 amide bonds. The van der Waals surface area contributed by atoms with E-state index in [9.17, 15) is 0 Å². The fourth-order valence-electron chi connectivity index (χ4n) is 1.81. The number of benzene rings is 1. The summed E-state index contributed by atoms with van der Waals surface area (Å²) in [5.74, 6) is 0.250. The average Bonchev–Trinajstić information content (AvgIpc) is 2.17. The maximum atomic E-state index is 8.77. The van der Waals surface area contributed by atoms with Crippen LogP contribution in [0.25, 0.3) is 0 Å². The quantitative estimate of drug-likeness (QED) is 0.567. The molecule has 0 N–H and O–H groups in total. The summed E-state index contributed by atoms with van der Waals surface area (Å²) >= 11 is 0. The maximum absolute atomic E-state index is 8.77. The molecule has 0 aromatic heterocycles. The smallest absolute Gasteiger partial charge is 0.0659 e. The lowest BCUT2D eigenvalue weighted by Crippen LogP contribution is -2.11. The van der Waals surface area contributed by atoms with Crippen LogP contribution < -0.4 is 0 Å². The Labute approximate surface area is 72.6 Å². The normalized spacial score (nSPS) is 21.1. The van der Waals surface area contributed by atoms with Crippen LogP contribution in [-0.2, 0) is 12.8 Å².